The van der Waals surface area contributed by atoms with E-state index in [9.17, 15) is 4.79 Å². The van der Waals surface area contributed by atoms with Gasteiger partial charge >= 0.3 is 0 Å². The number of aryl methyl sites for hydroxylation is 3. The van der Waals surface area contributed by atoms with Gasteiger partial charge in [-0.05, 0) is 51.7 Å². The third kappa shape index (κ3) is 4.82. The highest BCUT2D eigenvalue weighted by Gasteiger charge is 2.18. The number of benzene rings is 1. The van der Waals surface area contributed by atoms with Crippen molar-refractivity contribution in [2.75, 3.05) is 26.9 Å². The van der Waals surface area contributed by atoms with Crippen molar-refractivity contribution in [1.82, 2.24) is 29.8 Å². The van der Waals surface area contributed by atoms with E-state index in [1.165, 1.54) is 22.9 Å². The first-order valence-corrected chi connectivity index (χ1v) is 11.3. The first kappa shape index (κ1) is 22.2. The van der Waals surface area contributed by atoms with Crippen molar-refractivity contribution in [3.05, 3.63) is 52.3 Å². The Bertz CT molecular complexity index is 1030. The second-order valence-electron chi connectivity index (χ2n) is 7.63. The van der Waals surface area contributed by atoms with Crippen LogP contribution in [0.4, 0.5) is 0 Å². The molecule has 1 N–H and O–H groups in total. The average Bonchev–Trinajstić information content (AvgIpc) is 3.14. The van der Waals surface area contributed by atoms with Crippen molar-refractivity contribution in [1.29, 1.82) is 0 Å². The van der Waals surface area contributed by atoms with Gasteiger partial charge in [-0.25, -0.2) is 9.50 Å². The molecule has 0 spiro atoms. The fraction of sp³-hybridized carbons (Fsp3) is 0.455. The molecular weight excluding hydrogens is 396 g/mol. The summed E-state index contributed by atoms with van der Waals surface area (Å²) in [6, 6.07) is 8.72. The molecule has 0 aliphatic rings. The van der Waals surface area contributed by atoms with Crippen LogP contribution in [0.2, 0.25) is 0 Å². The number of carbonyl (C=O) groups excluding carboxylic acids is 1. The summed E-state index contributed by atoms with van der Waals surface area (Å²) >= 11 is 1.48. The topological polar surface area (TPSA) is 75.4 Å². The maximum absolute atomic E-state index is 12.8. The highest BCUT2D eigenvalue weighted by Crippen LogP contribution is 2.20. The summed E-state index contributed by atoms with van der Waals surface area (Å²) in [6.45, 7) is 6.57. The summed E-state index contributed by atoms with van der Waals surface area (Å²) in [6.07, 6.45) is 3.22. The van der Waals surface area contributed by atoms with E-state index in [1.807, 2.05) is 34.2 Å². The summed E-state index contributed by atoms with van der Waals surface area (Å²) in [4.78, 5) is 23.8. The van der Waals surface area contributed by atoms with E-state index < -0.39 is 0 Å². The van der Waals surface area contributed by atoms with E-state index in [0.717, 1.165) is 23.4 Å². The molecule has 0 aliphatic heterocycles. The Morgan fingerprint density at radius 3 is 2.50 bits per heavy atom. The van der Waals surface area contributed by atoms with Gasteiger partial charge in [0.2, 0.25) is 11.1 Å². The van der Waals surface area contributed by atoms with Crippen LogP contribution in [-0.4, -0.2) is 57.3 Å². The molecule has 0 saturated heterocycles. The molecule has 3 rings (SSSR count). The zero-order valence-electron chi connectivity index (χ0n) is 18.6. The highest BCUT2D eigenvalue weighted by atomic mass is 32.2. The Kier molecular flexibility index (Phi) is 7.10. The van der Waals surface area contributed by atoms with E-state index in [2.05, 4.69) is 56.5 Å². The largest absolute Gasteiger partial charge is 0.354 e. The van der Waals surface area contributed by atoms with E-state index in [0.29, 0.717) is 17.5 Å². The minimum atomic E-state index is -0.0235. The number of aromatic nitrogens is 4. The third-order valence-corrected chi connectivity index (χ3v) is 5.98. The second-order valence-corrected chi connectivity index (χ2v) is 8.40. The Morgan fingerprint density at radius 1 is 1.20 bits per heavy atom. The molecule has 1 unspecified atom stereocenters. The van der Waals surface area contributed by atoms with Gasteiger partial charge in [0.25, 0.3) is 5.78 Å². The fourth-order valence-electron chi connectivity index (χ4n) is 3.54. The molecule has 30 heavy (non-hydrogen) atoms. The molecule has 8 heteroatoms. The van der Waals surface area contributed by atoms with Crippen LogP contribution in [0.5, 0.6) is 0 Å². The van der Waals surface area contributed by atoms with Crippen LogP contribution in [0.1, 0.15) is 41.0 Å². The van der Waals surface area contributed by atoms with Crippen molar-refractivity contribution in [2.45, 2.75) is 44.8 Å². The van der Waals surface area contributed by atoms with Gasteiger partial charge in [-0.2, -0.15) is 4.98 Å². The van der Waals surface area contributed by atoms with Gasteiger partial charge in [-0.3, -0.25) is 4.79 Å². The predicted octanol–water partition coefficient (Wildman–Crippen LogP) is 2.99. The monoisotopic (exact) mass is 426 g/mol. The maximum Gasteiger partial charge on any atom is 0.253 e. The smallest absolute Gasteiger partial charge is 0.253 e. The summed E-state index contributed by atoms with van der Waals surface area (Å²) in [5, 5.41) is 8.23. The molecule has 1 amide bonds. The Balaban J connectivity index is 1.72. The molecule has 0 aliphatic carbocycles. The molecule has 1 atom stereocenters. The molecule has 1 aromatic carbocycles. The van der Waals surface area contributed by atoms with Gasteiger partial charge < -0.3 is 10.2 Å². The fourth-order valence-corrected chi connectivity index (χ4v) is 3.88. The molecule has 0 radical (unpaired) electrons. The van der Waals surface area contributed by atoms with E-state index in [1.54, 1.807) is 4.52 Å². The number of carbonyl (C=O) groups is 1. The van der Waals surface area contributed by atoms with E-state index in [-0.39, 0.29) is 18.4 Å². The molecule has 0 bridgehead atoms. The normalized spacial score (nSPS) is 12.5. The number of nitrogens with one attached hydrogen (secondary N) is 1. The van der Waals surface area contributed by atoms with Gasteiger partial charge in [0.05, 0.1) is 12.5 Å². The van der Waals surface area contributed by atoms with Crippen molar-refractivity contribution in [2.24, 2.45) is 0 Å². The van der Waals surface area contributed by atoms with Crippen LogP contribution in [0, 0.1) is 13.8 Å². The van der Waals surface area contributed by atoms with Crippen molar-refractivity contribution < 1.29 is 4.79 Å². The number of amides is 1. The predicted molar refractivity (Wildman–Crippen MR) is 121 cm³/mol. The van der Waals surface area contributed by atoms with Gasteiger partial charge in [0.15, 0.2) is 0 Å². The zero-order chi connectivity index (χ0) is 21.8. The lowest BCUT2D eigenvalue weighted by molar-refractivity contribution is -0.120. The first-order valence-electron chi connectivity index (χ1n) is 10.1. The molecule has 3 aromatic rings. The first-order chi connectivity index (χ1) is 14.3. The average molecular weight is 427 g/mol. The van der Waals surface area contributed by atoms with E-state index >= 15 is 0 Å². The van der Waals surface area contributed by atoms with Crippen molar-refractivity contribution in [3.63, 3.8) is 0 Å². The molecular formula is C22H30N6OS. The quantitative estimate of drug-likeness (QED) is 0.558. The molecule has 160 valence electrons. The Hall–Kier alpha value is -2.45. The lowest BCUT2D eigenvalue weighted by atomic mass is 10.0. The number of fused-ring (bicyclic) bond motifs is 1. The third-order valence-electron chi connectivity index (χ3n) is 5.44. The van der Waals surface area contributed by atoms with Crippen LogP contribution in [0.3, 0.4) is 0 Å². The summed E-state index contributed by atoms with van der Waals surface area (Å²) in [7, 11) is 4.06. The zero-order valence-corrected chi connectivity index (χ0v) is 19.4. The van der Waals surface area contributed by atoms with Crippen molar-refractivity contribution >= 4 is 23.4 Å². The number of likely N-dealkylation sites (N-methyl/N-ethyl adjacent to an activating group) is 1. The number of rotatable bonds is 8. The maximum atomic E-state index is 12.8. The summed E-state index contributed by atoms with van der Waals surface area (Å²) in [5.41, 5.74) is 5.12. The number of hydrogen-bond acceptors (Lipinski definition) is 6. The highest BCUT2D eigenvalue weighted by molar-refractivity contribution is 7.98. The second kappa shape index (κ2) is 9.57. The lowest BCUT2D eigenvalue weighted by Crippen LogP contribution is -2.35. The number of hydrogen-bond donors (Lipinski definition) is 1. The minimum absolute atomic E-state index is 0.0235. The molecule has 2 aromatic heterocycles. The van der Waals surface area contributed by atoms with Crippen molar-refractivity contribution in [3.8, 4) is 0 Å². The van der Waals surface area contributed by atoms with E-state index in [4.69, 9.17) is 0 Å². The number of nitrogens with zero attached hydrogens (tertiary/aromatic N) is 5. The Labute approximate surface area is 182 Å². The molecule has 2 heterocycles. The van der Waals surface area contributed by atoms with Crippen LogP contribution in [0.15, 0.2) is 29.4 Å². The summed E-state index contributed by atoms with van der Waals surface area (Å²) < 4.78 is 1.72. The standard InChI is InChI=1S/C22H30N6OS/c1-7-16-8-10-17(11-9-16)19(27(4)5)13-23-20(29)12-18-14(2)24-21-25-22(30-6)26-28(21)15(18)3/h8-11,19H,7,12-13H2,1-6H3,(H,23,29). The van der Waals surface area contributed by atoms with Gasteiger partial charge in [0.1, 0.15) is 0 Å². The van der Waals surface area contributed by atoms with Gasteiger partial charge in [-0.1, -0.05) is 43.0 Å². The van der Waals surface area contributed by atoms with Gasteiger partial charge in [-0.15, -0.1) is 5.10 Å². The molecule has 0 saturated carbocycles. The Morgan fingerprint density at radius 2 is 1.90 bits per heavy atom. The van der Waals surface area contributed by atoms with Crippen LogP contribution in [-0.2, 0) is 17.6 Å². The SMILES string of the molecule is CCc1ccc(C(CNC(=O)Cc2c(C)nc3nc(SC)nn3c2C)N(C)C)cc1. The minimum Gasteiger partial charge on any atom is -0.354 e. The van der Waals surface area contributed by atoms with Gasteiger partial charge in [0, 0.05) is 23.5 Å². The lowest BCUT2D eigenvalue weighted by Gasteiger charge is -2.25. The van der Waals surface area contributed by atoms with Crippen LogP contribution < -0.4 is 5.32 Å². The number of thioether (sulfide) groups is 1. The summed E-state index contributed by atoms with van der Waals surface area (Å²) in [5.74, 6) is 0.547. The van der Waals surface area contributed by atoms with Crippen LogP contribution >= 0.6 is 11.8 Å². The van der Waals surface area contributed by atoms with Crippen LogP contribution in [0.25, 0.3) is 5.78 Å². The molecule has 0 fully saturated rings. The molecule has 7 nitrogen and oxygen atoms in total.